The Labute approximate surface area is 106 Å². The molecule has 1 aromatic rings. The fourth-order valence-corrected chi connectivity index (χ4v) is 2.94. The Hall–Kier alpha value is -1.34. The highest BCUT2D eigenvalue weighted by atomic mass is 32.1. The van der Waals surface area contributed by atoms with Gasteiger partial charge in [-0.25, -0.2) is 0 Å². The maximum absolute atomic E-state index is 12.3. The van der Waals surface area contributed by atoms with Crippen LogP contribution in [0.15, 0.2) is 11.4 Å². The molecule has 2 rings (SSSR count). The summed E-state index contributed by atoms with van der Waals surface area (Å²) in [5, 5.41) is 11.2. The van der Waals surface area contributed by atoms with E-state index in [1.54, 1.807) is 18.3 Å². The summed E-state index contributed by atoms with van der Waals surface area (Å²) in [7, 11) is 0. The van der Waals surface area contributed by atoms with Gasteiger partial charge in [-0.2, -0.15) is 5.26 Å². The van der Waals surface area contributed by atoms with Gasteiger partial charge in [0.1, 0.15) is 5.41 Å². The molecular formula is C13H16N2OS. The summed E-state index contributed by atoms with van der Waals surface area (Å²) in [5.41, 5.74) is 0.374. The van der Waals surface area contributed by atoms with Gasteiger partial charge in [0.25, 0.3) is 0 Å². The van der Waals surface area contributed by atoms with E-state index in [0.717, 1.165) is 13.0 Å². The largest absolute Gasteiger partial charge is 0.337 e. The topological polar surface area (TPSA) is 44.1 Å². The second-order valence-electron chi connectivity index (χ2n) is 4.64. The molecule has 0 aromatic carbocycles. The molecule has 1 aliphatic rings. The third-order valence-electron chi connectivity index (χ3n) is 3.52. The highest BCUT2D eigenvalue weighted by molar-refractivity contribution is 7.10. The summed E-state index contributed by atoms with van der Waals surface area (Å²) in [6, 6.07) is 4.23. The lowest BCUT2D eigenvalue weighted by molar-refractivity contribution is -0.139. The van der Waals surface area contributed by atoms with E-state index >= 15 is 0 Å². The second kappa shape index (κ2) is 4.50. The lowest BCUT2D eigenvalue weighted by Gasteiger charge is -2.32. The highest BCUT2D eigenvalue weighted by Gasteiger charge is 2.36. The van der Waals surface area contributed by atoms with Crippen molar-refractivity contribution >= 4 is 17.2 Å². The fourth-order valence-electron chi connectivity index (χ4n) is 2.05. The molecule has 0 N–H and O–H groups in total. The van der Waals surface area contributed by atoms with Crippen LogP contribution in [-0.2, 0) is 17.8 Å². The van der Waals surface area contributed by atoms with Crippen LogP contribution in [0.4, 0.5) is 0 Å². The molecule has 0 bridgehead atoms. The molecule has 0 spiro atoms. The fraction of sp³-hybridized carbons (Fsp3) is 0.538. The van der Waals surface area contributed by atoms with Crippen LogP contribution in [0.25, 0.3) is 0 Å². The predicted molar refractivity (Wildman–Crippen MR) is 67.5 cm³/mol. The number of carbonyl (C=O) groups excluding carboxylic acids is 1. The summed E-state index contributed by atoms with van der Waals surface area (Å²) in [5.74, 6) is -0.0284. The smallest absolute Gasteiger partial charge is 0.243 e. The molecule has 1 atom stereocenters. The van der Waals surface area contributed by atoms with Gasteiger partial charge in [0.2, 0.25) is 5.91 Å². The number of hydrogen-bond acceptors (Lipinski definition) is 3. The molecule has 1 unspecified atom stereocenters. The van der Waals surface area contributed by atoms with Crippen molar-refractivity contribution in [2.75, 3.05) is 6.54 Å². The van der Waals surface area contributed by atoms with Crippen LogP contribution < -0.4 is 0 Å². The van der Waals surface area contributed by atoms with E-state index in [4.69, 9.17) is 5.26 Å². The van der Waals surface area contributed by atoms with Crippen molar-refractivity contribution in [3.05, 3.63) is 21.9 Å². The van der Waals surface area contributed by atoms with E-state index in [1.807, 2.05) is 11.8 Å². The van der Waals surface area contributed by atoms with Crippen molar-refractivity contribution < 1.29 is 4.79 Å². The zero-order chi connectivity index (χ0) is 12.5. The molecule has 0 radical (unpaired) electrons. The maximum Gasteiger partial charge on any atom is 0.243 e. The zero-order valence-corrected chi connectivity index (χ0v) is 11.0. The standard InChI is InChI=1S/C13H16N2OS/c1-3-13(2,9-14)12(16)15-6-4-11-10(8-15)5-7-17-11/h5,7H,3-4,6,8H2,1-2H3. The van der Waals surface area contributed by atoms with Crippen molar-refractivity contribution in [1.82, 2.24) is 4.90 Å². The monoisotopic (exact) mass is 248 g/mol. The first-order chi connectivity index (χ1) is 8.10. The Morgan fingerprint density at radius 1 is 1.71 bits per heavy atom. The molecule has 1 amide bonds. The van der Waals surface area contributed by atoms with Crippen LogP contribution in [0.1, 0.15) is 30.7 Å². The lowest BCUT2D eigenvalue weighted by Crippen LogP contribution is -2.43. The van der Waals surface area contributed by atoms with Gasteiger partial charge in [-0.1, -0.05) is 6.92 Å². The van der Waals surface area contributed by atoms with Crippen molar-refractivity contribution in [3.63, 3.8) is 0 Å². The lowest BCUT2D eigenvalue weighted by atomic mass is 9.87. The van der Waals surface area contributed by atoms with Crippen molar-refractivity contribution in [2.45, 2.75) is 33.2 Å². The summed E-state index contributed by atoms with van der Waals surface area (Å²) in [4.78, 5) is 15.5. The molecule has 0 saturated carbocycles. The summed E-state index contributed by atoms with van der Waals surface area (Å²) < 4.78 is 0. The van der Waals surface area contributed by atoms with Gasteiger partial charge >= 0.3 is 0 Å². The summed E-state index contributed by atoms with van der Waals surface area (Å²) in [6.07, 6.45) is 1.49. The number of nitriles is 1. The van der Waals surface area contributed by atoms with Gasteiger partial charge in [-0.15, -0.1) is 11.3 Å². The average molecular weight is 248 g/mol. The molecule has 1 aromatic heterocycles. The molecule has 17 heavy (non-hydrogen) atoms. The molecule has 3 nitrogen and oxygen atoms in total. The minimum atomic E-state index is -0.868. The first-order valence-corrected chi connectivity index (χ1v) is 6.74. The molecule has 0 fully saturated rings. The van der Waals surface area contributed by atoms with Gasteiger partial charge in [0.05, 0.1) is 6.07 Å². The quantitative estimate of drug-likeness (QED) is 0.807. The molecule has 1 aliphatic heterocycles. The van der Waals surface area contributed by atoms with E-state index in [1.165, 1.54) is 10.4 Å². The van der Waals surface area contributed by atoms with E-state index in [-0.39, 0.29) is 5.91 Å². The van der Waals surface area contributed by atoms with Crippen LogP contribution in [0, 0.1) is 16.7 Å². The Balaban J connectivity index is 2.17. The maximum atomic E-state index is 12.3. The van der Waals surface area contributed by atoms with Crippen molar-refractivity contribution in [1.29, 1.82) is 5.26 Å². The number of nitrogens with zero attached hydrogens (tertiary/aromatic N) is 2. The minimum Gasteiger partial charge on any atom is -0.337 e. The molecule has 90 valence electrons. The summed E-state index contributed by atoms with van der Waals surface area (Å²) >= 11 is 1.76. The first kappa shape index (κ1) is 12.1. The van der Waals surface area contributed by atoms with Gasteiger partial charge in [0.15, 0.2) is 0 Å². The van der Waals surface area contributed by atoms with Gasteiger partial charge in [0, 0.05) is 18.0 Å². The predicted octanol–water partition coefficient (Wildman–Crippen LogP) is 2.57. The van der Waals surface area contributed by atoms with E-state index < -0.39 is 5.41 Å². The van der Waals surface area contributed by atoms with Crippen molar-refractivity contribution in [2.24, 2.45) is 5.41 Å². The number of fused-ring (bicyclic) bond motifs is 1. The highest BCUT2D eigenvalue weighted by Crippen LogP contribution is 2.29. The Bertz CT molecular complexity index is 474. The number of carbonyl (C=O) groups is 1. The number of thiophene rings is 1. The van der Waals surface area contributed by atoms with Crippen LogP contribution in [0.3, 0.4) is 0 Å². The Kier molecular flexibility index (Phi) is 3.21. The van der Waals surface area contributed by atoms with Crippen LogP contribution in [0.2, 0.25) is 0 Å². The molecule has 2 heterocycles. The molecule has 0 aliphatic carbocycles. The van der Waals surface area contributed by atoms with Gasteiger partial charge in [-0.05, 0) is 36.8 Å². The summed E-state index contributed by atoms with van der Waals surface area (Å²) in [6.45, 7) is 5.03. The molecule has 4 heteroatoms. The minimum absolute atomic E-state index is 0.0284. The van der Waals surface area contributed by atoms with Crippen LogP contribution >= 0.6 is 11.3 Å². The zero-order valence-electron chi connectivity index (χ0n) is 10.2. The Morgan fingerprint density at radius 2 is 2.47 bits per heavy atom. The van der Waals surface area contributed by atoms with Gasteiger partial charge < -0.3 is 4.90 Å². The average Bonchev–Trinajstić information content (AvgIpc) is 2.84. The first-order valence-electron chi connectivity index (χ1n) is 5.86. The molecule has 0 saturated heterocycles. The Morgan fingerprint density at radius 3 is 3.12 bits per heavy atom. The number of amides is 1. The van der Waals surface area contributed by atoms with Crippen LogP contribution in [0.5, 0.6) is 0 Å². The van der Waals surface area contributed by atoms with Crippen LogP contribution in [-0.4, -0.2) is 17.4 Å². The number of rotatable bonds is 2. The SMILES string of the molecule is CCC(C)(C#N)C(=O)N1CCc2sccc2C1. The number of hydrogen-bond donors (Lipinski definition) is 0. The van der Waals surface area contributed by atoms with E-state index in [9.17, 15) is 4.79 Å². The van der Waals surface area contributed by atoms with Crippen molar-refractivity contribution in [3.8, 4) is 6.07 Å². The van der Waals surface area contributed by atoms with E-state index in [2.05, 4.69) is 17.5 Å². The third-order valence-corrected chi connectivity index (χ3v) is 4.54. The van der Waals surface area contributed by atoms with Gasteiger partial charge in [-0.3, -0.25) is 4.79 Å². The third kappa shape index (κ3) is 2.07. The molecular weight excluding hydrogens is 232 g/mol. The normalized spacial score (nSPS) is 18.1. The van der Waals surface area contributed by atoms with E-state index in [0.29, 0.717) is 13.0 Å². The second-order valence-corrected chi connectivity index (χ2v) is 5.64.